The van der Waals surface area contributed by atoms with Crippen molar-refractivity contribution in [1.82, 2.24) is 5.32 Å². The quantitative estimate of drug-likeness (QED) is 0.551. The van der Waals surface area contributed by atoms with Crippen LogP contribution in [0.15, 0.2) is 0 Å². The fourth-order valence-electron chi connectivity index (χ4n) is 1.04. The van der Waals surface area contributed by atoms with Crippen molar-refractivity contribution in [3.05, 3.63) is 0 Å². The number of carbonyl (C=O) groups is 4. The lowest BCUT2D eigenvalue weighted by Gasteiger charge is -2.14. The molecule has 0 unspecified atom stereocenters. The van der Waals surface area contributed by atoms with Crippen LogP contribution in [0.5, 0.6) is 0 Å². The van der Waals surface area contributed by atoms with Gasteiger partial charge in [0.25, 0.3) is 5.91 Å². The second-order valence-corrected chi connectivity index (χ2v) is 3.54. The second kappa shape index (κ2) is 7.37. The van der Waals surface area contributed by atoms with Crippen LogP contribution in [0.3, 0.4) is 0 Å². The Bertz CT molecular complexity index is 327. The predicted octanol–water partition coefficient (Wildman–Crippen LogP) is -1.11. The Labute approximate surface area is 98.7 Å². The van der Waals surface area contributed by atoms with Crippen LogP contribution in [-0.4, -0.2) is 36.2 Å². The molecule has 0 saturated carbocycles. The van der Waals surface area contributed by atoms with Gasteiger partial charge in [-0.1, -0.05) is 0 Å². The van der Waals surface area contributed by atoms with Gasteiger partial charge in [0.15, 0.2) is 6.61 Å². The van der Waals surface area contributed by atoms with Crippen LogP contribution in [0, 0.1) is 0 Å². The number of ether oxygens (including phenoxy) is 1. The van der Waals surface area contributed by atoms with Gasteiger partial charge in [0.1, 0.15) is 11.8 Å². The van der Waals surface area contributed by atoms with Gasteiger partial charge in [-0.3, -0.25) is 14.4 Å². The predicted molar refractivity (Wildman–Crippen MR) is 57.7 cm³/mol. The number of esters is 1. The lowest BCUT2D eigenvalue weighted by molar-refractivity contribution is -0.146. The molecule has 0 spiro atoms. The molecule has 1 atom stereocenters. The number of primary amides is 1. The van der Waals surface area contributed by atoms with E-state index in [2.05, 4.69) is 10.1 Å². The van der Waals surface area contributed by atoms with Gasteiger partial charge in [-0.25, -0.2) is 0 Å². The van der Waals surface area contributed by atoms with Gasteiger partial charge < -0.3 is 20.6 Å². The molecule has 96 valence electrons. The van der Waals surface area contributed by atoms with Crippen LogP contribution in [-0.2, 0) is 23.9 Å². The number of rotatable bonds is 7. The third-order valence-electron chi connectivity index (χ3n) is 1.87. The van der Waals surface area contributed by atoms with E-state index in [4.69, 9.17) is 5.73 Å². The van der Waals surface area contributed by atoms with Crippen molar-refractivity contribution in [2.75, 3.05) is 6.61 Å². The van der Waals surface area contributed by atoms with E-state index in [1.807, 2.05) is 0 Å². The third kappa shape index (κ3) is 7.95. The molecule has 0 radical (unpaired) electrons. The van der Waals surface area contributed by atoms with E-state index in [9.17, 15) is 19.2 Å². The van der Waals surface area contributed by atoms with Gasteiger partial charge in [-0.15, -0.1) is 0 Å². The normalized spacial score (nSPS) is 11.4. The molecule has 0 aliphatic heterocycles. The van der Waals surface area contributed by atoms with Crippen LogP contribution in [0.1, 0.15) is 26.7 Å². The molecule has 0 saturated heterocycles. The molecule has 2 amide bonds. The average Bonchev–Trinajstić information content (AvgIpc) is 2.20. The molecule has 3 N–H and O–H groups in total. The molecule has 0 aliphatic rings. The summed E-state index contributed by atoms with van der Waals surface area (Å²) in [6, 6.07) is -0.929. The summed E-state index contributed by atoms with van der Waals surface area (Å²) < 4.78 is 4.44. The number of hydrogen-bond donors (Lipinski definition) is 2. The number of ketones is 1. The summed E-state index contributed by atoms with van der Waals surface area (Å²) in [4.78, 5) is 43.4. The highest BCUT2D eigenvalue weighted by atomic mass is 16.5. The van der Waals surface area contributed by atoms with E-state index in [1.54, 1.807) is 0 Å². The number of nitrogens with two attached hydrogens (primary N) is 1. The Kier molecular flexibility index (Phi) is 6.54. The van der Waals surface area contributed by atoms with Crippen molar-refractivity contribution in [3.8, 4) is 0 Å². The van der Waals surface area contributed by atoms with Crippen LogP contribution in [0.4, 0.5) is 0 Å². The topological polar surface area (TPSA) is 116 Å². The maximum Gasteiger partial charge on any atom is 0.303 e. The number of amides is 2. The average molecular weight is 244 g/mol. The maximum atomic E-state index is 11.2. The van der Waals surface area contributed by atoms with Crippen LogP contribution in [0.2, 0.25) is 0 Å². The fraction of sp³-hybridized carbons (Fsp3) is 0.600. The van der Waals surface area contributed by atoms with Crippen LogP contribution in [0.25, 0.3) is 0 Å². The lowest BCUT2D eigenvalue weighted by atomic mass is 10.1. The van der Waals surface area contributed by atoms with Crippen molar-refractivity contribution in [1.29, 1.82) is 0 Å². The molecule has 0 bridgehead atoms. The first kappa shape index (κ1) is 15.1. The first-order chi connectivity index (χ1) is 7.82. The summed E-state index contributed by atoms with van der Waals surface area (Å²) in [5, 5.41) is 2.28. The zero-order chi connectivity index (χ0) is 13.4. The maximum absolute atomic E-state index is 11.2. The Morgan fingerprint density at radius 2 is 1.82 bits per heavy atom. The Hall–Kier alpha value is -1.92. The van der Waals surface area contributed by atoms with Crippen molar-refractivity contribution in [2.45, 2.75) is 32.7 Å². The third-order valence-corrected chi connectivity index (χ3v) is 1.87. The van der Waals surface area contributed by atoms with E-state index >= 15 is 0 Å². The van der Waals surface area contributed by atoms with Crippen molar-refractivity contribution in [3.63, 3.8) is 0 Å². The van der Waals surface area contributed by atoms with Gasteiger partial charge in [0, 0.05) is 13.3 Å². The van der Waals surface area contributed by atoms with Crippen LogP contribution >= 0.6 is 0 Å². The van der Waals surface area contributed by atoms with E-state index in [0.29, 0.717) is 0 Å². The summed E-state index contributed by atoms with van der Waals surface area (Å²) in [6.45, 7) is 2.06. The molecular formula is C10H16N2O5. The Morgan fingerprint density at radius 3 is 2.24 bits per heavy atom. The Balaban J connectivity index is 4.15. The molecule has 17 heavy (non-hydrogen) atoms. The summed E-state index contributed by atoms with van der Waals surface area (Å²) in [5.41, 5.74) is 5.05. The molecule has 0 heterocycles. The van der Waals surface area contributed by atoms with E-state index in [0.717, 1.165) is 6.92 Å². The number of hydrogen-bond acceptors (Lipinski definition) is 5. The largest absolute Gasteiger partial charge is 0.456 e. The molecule has 0 aromatic carbocycles. The minimum absolute atomic E-state index is 0.106. The molecule has 0 aromatic heterocycles. The molecule has 0 rings (SSSR count). The summed E-state index contributed by atoms with van der Waals surface area (Å²) in [6.07, 6.45) is 0.276. The van der Waals surface area contributed by atoms with Crippen molar-refractivity contribution >= 4 is 23.6 Å². The van der Waals surface area contributed by atoms with E-state index in [1.165, 1.54) is 6.92 Å². The van der Waals surface area contributed by atoms with Gasteiger partial charge >= 0.3 is 5.97 Å². The second-order valence-electron chi connectivity index (χ2n) is 3.54. The molecule has 0 aromatic rings. The summed E-state index contributed by atoms with van der Waals surface area (Å²) >= 11 is 0. The molecular weight excluding hydrogens is 228 g/mol. The first-order valence-electron chi connectivity index (χ1n) is 5.04. The van der Waals surface area contributed by atoms with E-state index in [-0.39, 0.29) is 18.6 Å². The number of nitrogens with one attached hydrogen (secondary N) is 1. The zero-order valence-corrected chi connectivity index (χ0v) is 9.82. The van der Waals surface area contributed by atoms with E-state index < -0.39 is 30.4 Å². The molecule has 0 aliphatic carbocycles. The Morgan fingerprint density at radius 1 is 1.24 bits per heavy atom. The molecule has 7 heteroatoms. The zero-order valence-electron chi connectivity index (χ0n) is 9.82. The molecule has 7 nitrogen and oxygen atoms in total. The smallest absolute Gasteiger partial charge is 0.303 e. The molecule has 0 fully saturated rings. The van der Waals surface area contributed by atoms with Gasteiger partial charge in [0.2, 0.25) is 5.91 Å². The number of carbonyl (C=O) groups excluding carboxylic acids is 4. The summed E-state index contributed by atoms with van der Waals surface area (Å²) in [7, 11) is 0. The first-order valence-corrected chi connectivity index (χ1v) is 5.04. The van der Waals surface area contributed by atoms with Crippen molar-refractivity contribution < 1.29 is 23.9 Å². The highest BCUT2D eigenvalue weighted by Crippen LogP contribution is 1.98. The van der Waals surface area contributed by atoms with Gasteiger partial charge in [-0.2, -0.15) is 0 Å². The standard InChI is InChI=1S/C10H16N2O5/c1-6(13)3-4-8(10(11)16)12-9(15)5-17-7(2)14/h8H,3-5H2,1-2H3,(H2,11,16)(H,12,15)/t8-/m0/s1. The minimum Gasteiger partial charge on any atom is -0.456 e. The lowest BCUT2D eigenvalue weighted by Crippen LogP contribution is -2.46. The van der Waals surface area contributed by atoms with Gasteiger partial charge in [-0.05, 0) is 13.3 Å². The highest BCUT2D eigenvalue weighted by Gasteiger charge is 2.18. The SMILES string of the molecule is CC(=O)CC[C@H](NC(=O)COC(C)=O)C(N)=O. The van der Waals surface area contributed by atoms with Crippen molar-refractivity contribution in [2.24, 2.45) is 5.73 Å². The highest BCUT2D eigenvalue weighted by molar-refractivity contribution is 5.88. The fourth-order valence-corrected chi connectivity index (χ4v) is 1.04. The van der Waals surface area contributed by atoms with Gasteiger partial charge in [0.05, 0.1) is 0 Å². The monoisotopic (exact) mass is 244 g/mol. The number of Topliss-reactive ketones (excluding diaryl/α,β-unsaturated/α-hetero) is 1. The summed E-state index contributed by atoms with van der Waals surface area (Å²) in [5.74, 6) is -2.07. The minimum atomic E-state index is -0.929. The van der Waals surface area contributed by atoms with Crippen LogP contribution < -0.4 is 11.1 Å².